The second-order valence-electron chi connectivity index (χ2n) is 6.71. The normalized spacial score (nSPS) is 13.4. The van der Waals surface area contributed by atoms with Crippen LogP contribution < -0.4 is 10.1 Å². The van der Waals surface area contributed by atoms with Crippen LogP contribution in [0.25, 0.3) is 22.2 Å². The van der Waals surface area contributed by atoms with Crippen molar-refractivity contribution in [2.24, 2.45) is 5.92 Å². The summed E-state index contributed by atoms with van der Waals surface area (Å²) in [5.41, 5.74) is 2.16. The predicted molar refractivity (Wildman–Crippen MR) is 98.7 cm³/mol. The maximum Gasteiger partial charge on any atom is 0.221 e. The molecule has 0 spiro atoms. The molecule has 136 valence electrons. The van der Waals surface area contributed by atoms with Crippen molar-refractivity contribution in [2.45, 2.75) is 19.8 Å². The van der Waals surface area contributed by atoms with Crippen LogP contribution in [0.1, 0.15) is 25.3 Å². The van der Waals surface area contributed by atoms with E-state index in [-0.39, 0.29) is 11.5 Å². The van der Waals surface area contributed by atoms with Crippen LogP contribution in [0.4, 0.5) is 10.1 Å². The van der Waals surface area contributed by atoms with Gasteiger partial charge in [0.15, 0.2) is 0 Å². The van der Waals surface area contributed by atoms with E-state index < -0.39 is 5.82 Å². The molecule has 1 aromatic heterocycles. The fourth-order valence-corrected chi connectivity index (χ4v) is 2.94. The van der Waals surface area contributed by atoms with Crippen molar-refractivity contribution >= 4 is 22.5 Å². The summed E-state index contributed by atoms with van der Waals surface area (Å²) < 4.78 is 20.3. The Kier molecular flexibility index (Phi) is 4.24. The average molecular weight is 364 g/mol. The number of hydrogen-bond donors (Lipinski definition) is 2. The molecule has 3 aromatic rings. The topological polar surface area (TPSA) is 90.8 Å². The van der Waals surface area contributed by atoms with E-state index in [1.54, 1.807) is 12.1 Å². The number of nitrogens with zero attached hydrogens (tertiary/aromatic N) is 2. The van der Waals surface area contributed by atoms with Crippen molar-refractivity contribution in [1.82, 2.24) is 10.2 Å². The Labute approximate surface area is 154 Å². The van der Waals surface area contributed by atoms with Crippen LogP contribution in [-0.2, 0) is 4.79 Å². The molecule has 0 radical (unpaired) electrons. The third-order valence-electron chi connectivity index (χ3n) is 4.50. The molecule has 1 aliphatic carbocycles. The molecule has 1 saturated carbocycles. The molecule has 1 heterocycles. The summed E-state index contributed by atoms with van der Waals surface area (Å²) in [6.45, 7) is 1.96. The van der Waals surface area contributed by atoms with Gasteiger partial charge in [-0.1, -0.05) is 0 Å². The summed E-state index contributed by atoms with van der Waals surface area (Å²) in [5.74, 6) is 0.317. The van der Waals surface area contributed by atoms with Crippen molar-refractivity contribution < 1.29 is 13.9 Å². The predicted octanol–water partition coefficient (Wildman–Crippen LogP) is 3.99. The van der Waals surface area contributed by atoms with Gasteiger partial charge < -0.3 is 10.1 Å². The lowest BCUT2D eigenvalue weighted by molar-refractivity contribution is -0.114. The zero-order valence-corrected chi connectivity index (χ0v) is 14.7. The highest BCUT2D eigenvalue weighted by atomic mass is 19.1. The molecule has 27 heavy (non-hydrogen) atoms. The van der Waals surface area contributed by atoms with Crippen LogP contribution in [0.2, 0.25) is 0 Å². The summed E-state index contributed by atoms with van der Waals surface area (Å²) in [6.07, 6.45) is 2.28. The Morgan fingerprint density at radius 2 is 2.22 bits per heavy atom. The van der Waals surface area contributed by atoms with Gasteiger partial charge in [0.25, 0.3) is 0 Å². The Bertz CT molecular complexity index is 1080. The Morgan fingerprint density at radius 3 is 2.93 bits per heavy atom. The van der Waals surface area contributed by atoms with Gasteiger partial charge in [-0.15, -0.1) is 0 Å². The molecule has 6 nitrogen and oxygen atoms in total. The molecule has 2 aromatic carbocycles. The van der Waals surface area contributed by atoms with Crippen LogP contribution in [0.15, 0.2) is 30.3 Å². The third-order valence-corrected chi connectivity index (χ3v) is 4.50. The number of aromatic amines is 1. The van der Waals surface area contributed by atoms with Crippen LogP contribution in [0, 0.1) is 23.1 Å². The number of benzene rings is 2. The van der Waals surface area contributed by atoms with E-state index in [2.05, 4.69) is 21.6 Å². The van der Waals surface area contributed by atoms with Crippen molar-refractivity contribution in [3.05, 3.63) is 41.7 Å². The summed E-state index contributed by atoms with van der Waals surface area (Å²) in [6, 6.07) is 9.82. The molecule has 0 unspecified atom stereocenters. The van der Waals surface area contributed by atoms with Gasteiger partial charge in [-0.2, -0.15) is 10.4 Å². The maximum atomic E-state index is 14.5. The number of aromatic nitrogens is 2. The Hall–Kier alpha value is -3.40. The van der Waals surface area contributed by atoms with E-state index in [0.29, 0.717) is 46.1 Å². The standard InChI is InChI=1S/C20H17FN4O2/c1-11(26)23-14-4-5-17(21)15(7-14)20-16-8-19(27-10-12-2-3-12)13(9-22)6-18(16)24-25-20/h4-8,12H,2-3,10H2,1H3,(H,23,26)(H,24,25). The van der Waals surface area contributed by atoms with E-state index in [1.165, 1.54) is 25.1 Å². The van der Waals surface area contributed by atoms with Gasteiger partial charge in [0.2, 0.25) is 5.91 Å². The molecule has 0 saturated heterocycles. The number of carbonyl (C=O) groups is 1. The van der Waals surface area contributed by atoms with E-state index in [0.717, 1.165) is 12.8 Å². The van der Waals surface area contributed by atoms with Crippen molar-refractivity contribution in [3.8, 4) is 23.1 Å². The Morgan fingerprint density at radius 1 is 1.41 bits per heavy atom. The van der Waals surface area contributed by atoms with Gasteiger partial charge in [-0.3, -0.25) is 9.89 Å². The maximum absolute atomic E-state index is 14.5. The highest BCUT2D eigenvalue weighted by Crippen LogP contribution is 2.35. The number of amides is 1. The largest absolute Gasteiger partial charge is 0.492 e. The summed E-state index contributed by atoms with van der Waals surface area (Å²) >= 11 is 0. The summed E-state index contributed by atoms with van der Waals surface area (Å²) in [4.78, 5) is 11.3. The second kappa shape index (κ2) is 6.72. The molecular weight excluding hydrogens is 347 g/mol. The molecular formula is C20H17FN4O2. The number of hydrogen-bond acceptors (Lipinski definition) is 4. The first-order valence-electron chi connectivity index (χ1n) is 8.67. The smallest absolute Gasteiger partial charge is 0.221 e. The minimum Gasteiger partial charge on any atom is -0.492 e. The lowest BCUT2D eigenvalue weighted by Gasteiger charge is -2.09. The summed E-state index contributed by atoms with van der Waals surface area (Å²) in [7, 11) is 0. The number of halogens is 1. The van der Waals surface area contributed by atoms with Crippen molar-refractivity contribution in [3.63, 3.8) is 0 Å². The quantitative estimate of drug-likeness (QED) is 0.716. The zero-order valence-electron chi connectivity index (χ0n) is 14.7. The van der Waals surface area contributed by atoms with Crippen LogP contribution >= 0.6 is 0 Å². The molecule has 0 atom stereocenters. The van der Waals surface area contributed by atoms with Gasteiger partial charge in [-0.05, 0) is 49.1 Å². The number of nitrogens with one attached hydrogen (secondary N) is 2. The lowest BCUT2D eigenvalue weighted by Crippen LogP contribution is -2.06. The number of rotatable bonds is 5. The highest BCUT2D eigenvalue weighted by molar-refractivity contribution is 5.96. The number of fused-ring (bicyclic) bond motifs is 1. The monoisotopic (exact) mass is 364 g/mol. The molecule has 1 aliphatic rings. The Balaban J connectivity index is 1.79. The lowest BCUT2D eigenvalue weighted by atomic mass is 10.0. The van der Waals surface area contributed by atoms with Gasteiger partial charge in [0.05, 0.1) is 17.7 Å². The van der Waals surface area contributed by atoms with E-state index in [9.17, 15) is 14.4 Å². The van der Waals surface area contributed by atoms with E-state index >= 15 is 0 Å². The van der Waals surface area contributed by atoms with Crippen molar-refractivity contribution in [1.29, 1.82) is 5.26 Å². The molecule has 0 aliphatic heterocycles. The highest BCUT2D eigenvalue weighted by Gasteiger charge is 2.23. The first-order valence-corrected chi connectivity index (χ1v) is 8.67. The number of carbonyl (C=O) groups excluding carboxylic acids is 1. The number of H-pyrrole nitrogens is 1. The molecule has 4 rings (SSSR count). The minimum absolute atomic E-state index is 0.242. The summed E-state index contributed by atoms with van der Waals surface area (Å²) in [5, 5.41) is 19.7. The van der Waals surface area contributed by atoms with Gasteiger partial charge >= 0.3 is 0 Å². The van der Waals surface area contributed by atoms with Gasteiger partial charge in [0.1, 0.15) is 23.3 Å². The van der Waals surface area contributed by atoms with Crippen LogP contribution in [0.3, 0.4) is 0 Å². The molecule has 1 fully saturated rings. The minimum atomic E-state index is -0.456. The van der Waals surface area contributed by atoms with Crippen LogP contribution in [0.5, 0.6) is 5.75 Å². The zero-order chi connectivity index (χ0) is 19.0. The van der Waals surface area contributed by atoms with Gasteiger partial charge in [0, 0.05) is 23.6 Å². The van der Waals surface area contributed by atoms with Crippen molar-refractivity contribution in [2.75, 3.05) is 11.9 Å². The SMILES string of the molecule is CC(=O)Nc1ccc(F)c(-c2n[nH]c3cc(C#N)c(OCC4CC4)cc23)c1. The number of nitriles is 1. The number of anilines is 1. The van der Waals surface area contributed by atoms with Crippen LogP contribution in [-0.4, -0.2) is 22.7 Å². The van der Waals surface area contributed by atoms with E-state index in [4.69, 9.17) is 4.74 Å². The average Bonchev–Trinajstić information content (AvgIpc) is 3.39. The fourth-order valence-electron chi connectivity index (χ4n) is 2.94. The first kappa shape index (κ1) is 17.0. The molecule has 2 N–H and O–H groups in total. The molecule has 1 amide bonds. The molecule has 0 bridgehead atoms. The number of ether oxygens (including phenoxy) is 1. The molecule has 7 heteroatoms. The third kappa shape index (κ3) is 3.47. The van der Waals surface area contributed by atoms with Gasteiger partial charge in [-0.25, -0.2) is 4.39 Å². The first-order chi connectivity index (χ1) is 13.0. The van der Waals surface area contributed by atoms with E-state index in [1.807, 2.05) is 0 Å². The second-order valence-corrected chi connectivity index (χ2v) is 6.71. The fraction of sp³-hybridized carbons (Fsp3) is 0.250.